The monoisotopic (exact) mass is 456 g/mol. The molecule has 0 saturated heterocycles. The van der Waals surface area contributed by atoms with Gasteiger partial charge in [-0.2, -0.15) is 0 Å². The number of anilines is 5. The van der Waals surface area contributed by atoms with Crippen molar-refractivity contribution in [1.29, 1.82) is 0 Å². The molecule has 0 aliphatic heterocycles. The molecule has 0 aliphatic carbocycles. The summed E-state index contributed by atoms with van der Waals surface area (Å²) >= 11 is 0. The number of carbonyl (C=O) groups is 1. The second-order valence-corrected chi connectivity index (χ2v) is 7.12. The van der Waals surface area contributed by atoms with E-state index in [9.17, 15) is 14.9 Å². The lowest BCUT2D eigenvalue weighted by atomic mass is 10.2. The molecule has 3 N–H and O–H groups in total. The highest BCUT2D eigenvalue weighted by Gasteiger charge is 2.23. The van der Waals surface area contributed by atoms with Gasteiger partial charge in [-0.1, -0.05) is 18.2 Å². The molecule has 4 rings (SSSR count). The minimum Gasteiger partial charge on any atom is -0.457 e. The maximum atomic E-state index is 11.8. The average Bonchev–Trinajstić information content (AvgIpc) is 2.82. The molecule has 0 aliphatic rings. The standard InChI is InChI=1S/C24H20N6O4/c1-16(31)27-17-7-9-18(10-8-17)28-23-22(30(32)33)24(26-15-25-23)29-19-11-13-21(14-12-19)34-20-5-3-2-4-6-20/h2-15H,1H3,(H,27,31)(H2,25,26,28,29). The van der Waals surface area contributed by atoms with Gasteiger partial charge in [0.25, 0.3) is 0 Å². The minimum atomic E-state index is -0.552. The van der Waals surface area contributed by atoms with Gasteiger partial charge in [-0.3, -0.25) is 14.9 Å². The van der Waals surface area contributed by atoms with Gasteiger partial charge in [-0.15, -0.1) is 0 Å². The van der Waals surface area contributed by atoms with Crippen molar-refractivity contribution in [3.63, 3.8) is 0 Å². The molecular weight excluding hydrogens is 436 g/mol. The van der Waals surface area contributed by atoms with Crippen LogP contribution in [-0.2, 0) is 4.79 Å². The molecule has 0 saturated carbocycles. The molecule has 1 heterocycles. The summed E-state index contributed by atoms with van der Waals surface area (Å²) in [6.45, 7) is 1.41. The second kappa shape index (κ2) is 10.1. The van der Waals surface area contributed by atoms with E-state index in [2.05, 4.69) is 25.9 Å². The summed E-state index contributed by atoms with van der Waals surface area (Å²) in [5.74, 6) is 1.20. The Morgan fingerprint density at radius 1 is 0.794 bits per heavy atom. The minimum absolute atomic E-state index is 0.0267. The van der Waals surface area contributed by atoms with Crippen molar-refractivity contribution in [2.24, 2.45) is 0 Å². The van der Waals surface area contributed by atoms with Crippen LogP contribution in [0.1, 0.15) is 6.92 Å². The number of ether oxygens (including phenoxy) is 1. The molecule has 170 valence electrons. The fourth-order valence-electron chi connectivity index (χ4n) is 3.08. The van der Waals surface area contributed by atoms with Gasteiger partial charge in [0.2, 0.25) is 17.5 Å². The van der Waals surface area contributed by atoms with Gasteiger partial charge < -0.3 is 20.7 Å². The fraction of sp³-hybridized carbons (Fsp3) is 0.0417. The van der Waals surface area contributed by atoms with Crippen LogP contribution in [0, 0.1) is 10.1 Å². The number of nitro groups is 1. The molecule has 0 atom stereocenters. The first-order valence-electron chi connectivity index (χ1n) is 10.2. The van der Waals surface area contributed by atoms with Crippen molar-refractivity contribution < 1.29 is 14.5 Å². The SMILES string of the molecule is CC(=O)Nc1ccc(Nc2ncnc(Nc3ccc(Oc4ccccc4)cc3)c2[N+](=O)[O-])cc1. The highest BCUT2D eigenvalue weighted by Crippen LogP contribution is 2.33. The van der Waals surface area contributed by atoms with Gasteiger partial charge in [0.1, 0.15) is 17.8 Å². The highest BCUT2D eigenvalue weighted by molar-refractivity contribution is 5.89. The molecule has 0 radical (unpaired) electrons. The lowest BCUT2D eigenvalue weighted by Gasteiger charge is -2.11. The van der Waals surface area contributed by atoms with Crippen molar-refractivity contribution in [2.75, 3.05) is 16.0 Å². The van der Waals surface area contributed by atoms with E-state index in [0.717, 1.165) is 0 Å². The summed E-state index contributed by atoms with van der Waals surface area (Å²) in [5.41, 5.74) is 1.45. The van der Waals surface area contributed by atoms with Crippen molar-refractivity contribution in [3.05, 3.63) is 95.3 Å². The van der Waals surface area contributed by atoms with Gasteiger partial charge in [0.05, 0.1) is 4.92 Å². The number of nitrogens with zero attached hydrogens (tertiary/aromatic N) is 3. The maximum Gasteiger partial charge on any atom is 0.353 e. The average molecular weight is 456 g/mol. The molecule has 3 aromatic carbocycles. The number of benzene rings is 3. The topological polar surface area (TPSA) is 131 Å². The second-order valence-electron chi connectivity index (χ2n) is 7.12. The fourth-order valence-corrected chi connectivity index (χ4v) is 3.08. The third-order valence-corrected chi connectivity index (χ3v) is 4.57. The molecule has 0 unspecified atom stereocenters. The molecule has 0 bridgehead atoms. The number of hydrogen-bond donors (Lipinski definition) is 3. The van der Waals surface area contributed by atoms with E-state index >= 15 is 0 Å². The Kier molecular flexibility index (Phi) is 6.59. The summed E-state index contributed by atoms with van der Waals surface area (Å²) in [4.78, 5) is 30.5. The van der Waals surface area contributed by atoms with Crippen molar-refractivity contribution in [1.82, 2.24) is 9.97 Å². The smallest absolute Gasteiger partial charge is 0.353 e. The Morgan fingerprint density at radius 3 is 1.82 bits per heavy atom. The zero-order valence-corrected chi connectivity index (χ0v) is 18.1. The maximum absolute atomic E-state index is 11.8. The molecule has 0 spiro atoms. The van der Waals surface area contributed by atoms with E-state index in [1.165, 1.54) is 13.3 Å². The van der Waals surface area contributed by atoms with Crippen LogP contribution in [0.3, 0.4) is 0 Å². The van der Waals surface area contributed by atoms with Gasteiger partial charge >= 0.3 is 5.69 Å². The Balaban J connectivity index is 1.52. The third kappa shape index (κ3) is 5.62. The molecule has 1 aromatic heterocycles. The van der Waals surface area contributed by atoms with Crippen LogP contribution in [0.25, 0.3) is 0 Å². The lowest BCUT2D eigenvalue weighted by molar-refractivity contribution is -0.383. The van der Waals surface area contributed by atoms with Gasteiger partial charge in [0.15, 0.2) is 0 Å². The van der Waals surface area contributed by atoms with Crippen LogP contribution < -0.4 is 20.7 Å². The van der Waals surface area contributed by atoms with E-state index < -0.39 is 4.92 Å². The summed E-state index contributed by atoms with van der Waals surface area (Å²) < 4.78 is 5.77. The molecule has 10 heteroatoms. The van der Waals surface area contributed by atoms with Gasteiger partial charge in [0, 0.05) is 24.0 Å². The van der Waals surface area contributed by atoms with Crippen LogP contribution in [-0.4, -0.2) is 20.8 Å². The first-order valence-corrected chi connectivity index (χ1v) is 10.2. The number of nitrogens with one attached hydrogen (secondary N) is 3. The Bertz CT molecular complexity index is 1300. The van der Waals surface area contributed by atoms with Crippen LogP contribution in [0.2, 0.25) is 0 Å². The van der Waals surface area contributed by atoms with E-state index in [-0.39, 0.29) is 23.2 Å². The normalized spacial score (nSPS) is 10.3. The number of amides is 1. The number of rotatable bonds is 8. The largest absolute Gasteiger partial charge is 0.457 e. The van der Waals surface area contributed by atoms with Crippen LogP contribution in [0.5, 0.6) is 11.5 Å². The summed E-state index contributed by atoms with van der Waals surface area (Å²) in [6, 6.07) is 23.0. The Labute approximate surface area is 194 Å². The first kappa shape index (κ1) is 22.2. The van der Waals surface area contributed by atoms with Crippen LogP contribution in [0.4, 0.5) is 34.4 Å². The van der Waals surface area contributed by atoms with E-state index in [1.807, 2.05) is 30.3 Å². The summed E-state index contributed by atoms with van der Waals surface area (Å²) in [6.07, 6.45) is 1.23. The van der Waals surface area contributed by atoms with E-state index in [0.29, 0.717) is 28.6 Å². The predicted molar refractivity (Wildman–Crippen MR) is 129 cm³/mol. The highest BCUT2D eigenvalue weighted by atomic mass is 16.6. The van der Waals surface area contributed by atoms with Crippen LogP contribution >= 0.6 is 0 Å². The van der Waals surface area contributed by atoms with Crippen molar-refractivity contribution in [2.45, 2.75) is 6.92 Å². The Hall–Kier alpha value is -4.99. The summed E-state index contributed by atoms with van der Waals surface area (Å²) in [7, 11) is 0. The van der Waals surface area contributed by atoms with Crippen molar-refractivity contribution >= 4 is 40.3 Å². The molecule has 4 aromatic rings. The zero-order chi connectivity index (χ0) is 23.9. The summed E-state index contributed by atoms with van der Waals surface area (Å²) in [5, 5.41) is 20.4. The Morgan fingerprint density at radius 2 is 1.29 bits per heavy atom. The van der Waals surface area contributed by atoms with Gasteiger partial charge in [-0.05, 0) is 60.7 Å². The molecule has 34 heavy (non-hydrogen) atoms. The van der Waals surface area contributed by atoms with Crippen LogP contribution in [0.15, 0.2) is 85.2 Å². The zero-order valence-electron chi connectivity index (χ0n) is 18.1. The van der Waals surface area contributed by atoms with Crippen molar-refractivity contribution in [3.8, 4) is 11.5 Å². The van der Waals surface area contributed by atoms with E-state index in [1.54, 1.807) is 48.5 Å². The lowest BCUT2D eigenvalue weighted by Crippen LogP contribution is -2.06. The number of para-hydroxylation sites is 1. The van der Waals surface area contributed by atoms with Gasteiger partial charge in [-0.25, -0.2) is 9.97 Å². The number of carbonyl (C=O) groups excluding carboxylic acids is 1. The molecule has 1 amide bonds. The van der Waals surface area contributed by atoms with E-state index in [4.69, 9.17) is 4.74 Å². The third-order valence-electron chi connectivity index (χ3n) is 4.57. The number of hydrogen-bond acceptors (Lipinski definition) is 8. The molecule has 10 nitrogen and oxygen atoms in total. The first-order chi connectivity index (χ1) is 16.5. The predicted octanol–water partition coefficient (Wildman–Crippen LogP) is 5.62. The molecular formula is C24H20N6O4. The quantitative estimate of drug-likeness (QED) is 0.230. The molecule has 0 fully saturated rings. The number of aromatic nitrogens is 2.